The molecule has 0 amide bonds. The predicted molar refractivity (Wildman–Crippen MR) is 68.3 cm³/mol. The van der Waals surface area contributed by atoms with E-state index < -0.39 is 11.6 Å². The molecule has 0 spiro atoms. The van der Waals surface area contributed by atoms with Gasteiger partial charge < -0.3 is 9.47 Å². The SMILES string of the molecule is C=Cc1cccc(C(=O)OC(C)(C)C)c1OC. The largest absolute Gasteiger partial charge is 0.495 e. The van der Waals surface area contributed by atoms with E-state index in [0.717, 1.165) is 5.56 Å². The van der Waals surface area contributed by atoms with Crippen molar-refractivity contribution in [2.75, 3.05) is 7.11 Å². The van der Waals surface area contributed by atoms with Crippen LogP contribution in [0.25, 0.3) is 6.08 Å². The van der Waals surface area contributed by atoms with E-state index in [-0.39, 0.29) is 0 Å². The zero-order valence-corrected chi connectivity index (χ0v) is 10.7. The lowest BCUT2D eigenvalue weighted by Gasteiger charge is -2.20. The highest BCUT2D eigenvalue weighted by molar-refractivity contribution is 5.94. The van der Waals surface area contributed by atoms with E-state index in [1.807, 2.05) is 26.8 Å². The van der Waals surface area contributed by atoms with Gasteiger partial charge in [-0.15, -0.1) is 0 Å². The van der Waals surface area contributed by atoms with Crippen molar-refractivity contribution in [3.05, 3.63) is 35.9 Å². The van der Waals surface area contributed by atoms with Crippen LogP contribution in [-0.2, 0) is 4.74 Å². The fourth-order valence-electron chi connectivity index (χ4n) is 1.44. The average molecular weight is 234 g/mol. The van der Waals surface area contributed by atoms with Gasteiger partial charge in [0.15, 0.2) is 0 Å². The van der Waals surface area contributed by atoms with Crippen LogP contribution >= 0.6 is 0 Å². The number of rotatable bonds is 3. The Morgan fingerprint density at radius 2 is 2.00 bits per heavy atom. The van der Waals surface area contributed by atoms with Crippen molar-refractivity contribution in [3.63, 3.8) is 0 Å². The summed E-state index contributed by atoms with van der Waals surface area (Å²) in [6, 6.07) is 5.29. The van der Waals surface area contributed by atoms with Gasteiger partial charge >= 0.3 is 5.97 Å². The molecule has 0 aliphatic heterocycles. The third-order valence-corrected chi connectivity index (χ3v) is 2.09. The molecule has 0 saturated carbocycles. The molecule has 0 aliphatic rings. The first-order chi connectivity index (χ1) is 7.89. The first-order valence-electron chi connectivity index (χ1n) is 5.42. The zero-order valence-electron chi connectivity index (χ0n) is 10.7. The van der Waals surface area contributed by atoms with Gasteiger partial charge in [-0.3, -0.25) is 0 Å². The van der Waals surface area contributed by atoms with E-state index in [4.69, 9.17) is 9.47 Å². The molecule has 92 valence electrons. The number of carbonyl (C=O) groups is 1. The minimum Gasteiger partial charge on any atom is -0.495 e. The molecule has 0 aliphatic carbocycles. The average Bonchev–Trinajstić information content (AvgIpc) is 2.25. The van der Waals surface area contributed by atoms with Crippen molar-refractivity contribution >= 4 is 12.0 Å². The summed E-state index contributed by atoms with van der Waals surface area (Å²) in [5.41, 5.74) is 0.669. The van der Waals surface area contributed by atoms with Gasteiger partial charge in [0, 0.05) is 5.56 Å². The number of para-hydroxylation sites is 1. The van der Waals surface area contributed by atoms with Crippen LogP contribution < -0.4 is 4.74 Å². The molecule has 0 atom stereocenters. The van der Waals surface area contributed by atoms with E-state index in [9.17, 15) is 4.79 Å². The summed E-state index contributed by atoms with van der Waals surface area (Å²) in [4.78, 5) is 12.0. The van der Waals surface area contributed by atoms with E-state index in [1.165, 1.54) is 7.11 Å². The summed E-state index contributed by atoms with van der Waals surface area (Å²) in [5, 5.41) is 0. The van der Waals surface area contributed by atoms with E-state index in [2.05, 4.69) is 6.58 Å². The standard InChI is InChI=1S/C14H18O3/c1-6-10-8-7-9-11(12(10)16-5)13(15)17-14(2,3)4/h6-9H,1H2,2-5H3. The molecule has 0 radical (unpaired) electrons. The molecule has 0 aromatic heterocycles. The zero-order chi connectivity index (χ0) is 13.1. The van der Waals surface area contributed by atoms with Crippen LogP contribution in [0.4, 0.5) is 0 Å². The number of hydrogen-bond acceptors (Lipinski definition) is 3. The Balaban J connectivity index is 3.13. The highest BCUT2D eigenvalue weighted by Crippen LogP contribution is 2.26. The highest BCUT2D eigenvalue weighted by Gasteiger charge is 2.21. The van der Waals surface area contributed by atoms with Crippen molar-refractivity contribution in [2.45, 2.75) is 26.4 Å². The van der Waals surface area contributed by atoms with Gasteiger partial charge in [0.2, 0.25) is 0 Å². The number of methoxy groups -OCH3 is 1. The summed E-state index contributed by atoms with van der Waals surface area (Å²) in [5.74, 6) is 0.106. The van der Waals surface area contributed by atoms with Crippen LogP contribution in [0.3, 0.4) is 0 Å². The summed E-state index contributed by atoms with van der Waals surface area (Å²) in [7, 11) is 1.52. The van der Waals surface area contributed by atoms with E-state index in [0.29, 0.717) is 11.3 Å². The van der Waals surface area contributed by atoms with Gasteiger partial charge in [-0.1, -0.05) is 24.8 Å². The lowest BCUT2D eigenvalue weighted by Crippen LogP contribution is -2.24. The second-order valence-electron chi connectivity index (χ2n) is 4.63. The van der Waals surface area contributed by atoms with Crippen LogP contribution in [0, 0.1) is 0 Å². The molecule has 0 unspecified atom stereocenters. The van der Waals surface area contributed by atoms with Crippen LogP contribution in [0.2, 0.25) is 0 Å². The Labute approximate surface area is 102 Å². The Morgan fingerprint density at radius 3 is 2.47 bits per heavy atom. The number of ether oxygens (including phenoxy) is 2. The maximum Gasteiger partial charge on any atom is 0.342 e. The van der Waals surface area contributed by atoms with Crippen LogP contribution in [0.5, 0.6) is 5.75 Å². The van der Waals surface area contributed by atoms with Gasteiger partial charge in [0.25, 0.3) is 0 Å². The van der Waals surface area contributed by atoms with Crippen LogP contribution in [0.15, 0.2) is 24.8 Å². The van der Waals surface area contributed by atoms with E-state index in [1.54, 1.807) is 18.2 Å². The summed E-state index contributed by atoms with van der Waals surface area (Å²) < 4.78 is 10.5. The van der Waals surface area contributed by atoms with Crippen molar-refractivity contribution in [1.82, 2.24) is 0 Å². The van der Waals surface area contributed by atoms with Gasteiger partial charge in [0.1, 0.15) is 16.9 Å². The summed E-state index contributed by atoms with van der Waals surface area (Å²) in [6.07, 6.45) is 1.65. The molecular weight excluding hydrogens is 216 g/mol. The highest BCUT2D eigenvalue weighted by atomic mass is 16.6. The minimum absolute atomic E-state index is 0.391. The van der Waals surface area contributed by atoms with Crippen LogP contribution in [0.1, 0.15) is 36.7 Å². The molecule has 1 rings (SSSR count). The van der Waals surface area contributed by atoms with E-state index >= 15 is 0 Å². The fraction of sp³-hybridized carbons (Fsp3) is 0.357. The van der Waals surface area contributed by atoms with Crippen molar-refractivity contribution in [3.8, 4) is 5.75 Å². The predicted octanol–water partition coefficient (Wildman–Crippen LogP) is 3.29. The van der Waals surface area contributed by atoms with Gasteiger partial charge in [0.05, 0.1) is 7.11 Å². The Morgan fingerprint density at radius 1 is 1.35 bits per heavy atom. The number of benzene rings is 1. The third kappa shape index (κ3) is 3.34. The number of esters is 1. The second kappa shape index (κ2) is 5.04. The molecule has 0 saturated heterocycles. The van der Waals surface area contributed by atoms with Crippen molar-refractivity contribution in [1.29, 1.82) is 0 Å². The van der Waals surface area contributed by atoms with Gasteiger partial charge in [-0.2, -0.15) is 0 Å². The summed E-state index contributed by atoms with van der Waals surface area (Å²) in [6.45, 7) is 9.17. The Bertz CT molecular complexity index is 428. The molecule has 1 aromatic rings. The van der Waals surface area contributed by atoms with Gasteiger partial charge in [-0.05, 0) is 26.8 Å². The maximum absolute atomic E-state index is 12.0. The van der Waals surface area contributed by atoms with Crippen LogP contribution in [-0.4, -0.2) is 18.7 Å². The molecular formula is C14H18O3. The van der Waals surface area contributed by atoms with Crippen molar-refractivity contribution in [2.24, 2.45) is 0 Å². The molecule has 0 heterocycles. The topological polar surface area (TPSA) is 35.5 Å². The normalized spacial score (nSPS) is 10.8. The monoisotopic (exact) mass is 234 g/mol. The van der Waals surface area contributed by atoms with Crippen molar-refractivity contribution < 1.29 is 14.3 Å². The summed E-state index contributed by atoms with van der Waals surface area (Å²) >= 11 is 0. The maximum atomic E-state index is 12.0. The first kappa shape index (κ1) is 13.3. The second-order valence-corrected chi connectivity index (χ2v) is 4.63. The Kier molecular flexibility index (Phi) is 3.94. The number of hydrogen-bond donors (Lipinski definition) is 0. The van der Waals surface area contributed by atoms with Gasteiger partial charge in [-0.25, -0.2) is 4.79 Å². The minimum atomic E-state index is -0.522. The lowest BCUT2D eigenvalue weighted by atomic mass is 10.1. The molecule has 0 fully saturated rings. The fourth-order valence-corrected chi connectivity index (χ4v) is 1.44. The molecule has 17 heavy (non-hydrogen) atoms. The molecule has 3 heteroatoms. The molecule has 0 bridgehead atoms. The smallest absolute Gasteiger partial charge is 0.342 e. The third-order valence-electron chi connectivity index (χ3n) is 2.09. The number of carbonyl (C=O) groups excluding carboxylic acids is 1. The first-order valence-corrected chi connectivity index (χ1v) is 5.42. The molecule has 0 N–H and O–H groups in total. The lowest BCUT2D eigenvalue weighted by molar-refractivity contribution is 0.00665. The molecule has 3 nitrogen and oxygen atoms in total. The Hall–Kier alpha value is -1.77. The quantitative estimate of drug-likeness (QED) is 0.753. The molecule has 1 aromatic carbocycles.